The van der Waals surface area contributed by atoms with Crippen LogP contribution >= 0.6 is 0 Å². The predicted octanol–water partition coefficient (Wildman–Crippen LogP) is 2.71. The minimum atomic E-state index is -0.474. The van der Waals surface area contributed by atoms with Crippen molar-refractivity contribution in [1.29, 1.82) is 0 Å². The number of aromatic nitrogens is 7. The maximum absolute atomic E-state index is 13.8. The summed E-state index contributed by atoms with van der Waals surface area (Å²) in [7, 11) is 1.76. The SMILES string of the molecule is C#Cc1cccc2nc([C@H](C)Nc3ncnc(N)c3-c3ncn(C)n3)n(-c3ccccc3)c(=O)c12. The summed E-state index contributed by atoms with van der Waals surface area (Å²) in [6, 6.07) is 14.1. The number of nitrogens with zero attached hydrogens (tertiary/aromatic N) is 7. The van der Waals surface area contributed by atoms with Gasteiger partial charge in [0, 0.05) is 12.6 Å². The van der Waals surface area contributed by atoms with Gasteiger partial charge in [0.1, 0.15) is 35.7 Å². The lowest BCUT2D eigenvalue weighted by molar-refractivity contribution is 0.730. The van der Waals surface area contributed by atoms with Crippen LogP contribution < -0.4 is 16.6 Å². The highest BCUT2D eigenvalue weighted by Gasteiger charge is 2.22. The first-order valence-corrected chi connectivity index (χ1v) is 10.8. The number of terminal acetylenes is 1. The number of para-hydroxylation sites is 1. The topological polar surface area (TPSA) is 129 Å². The third-order valence-corrected chi connectivity index (χ3v) is 5.53. The number of fused-ring (bicyclic) bond motifs is 1. The lowest BCUT2D eigenvalue weighted by atomic mass is 10.1. The van der Waals surface area contributed by atoms with Crippen LogP contribution in [0.25, 0.3) is 28.0 Å². The van der Waals surface area contributed by atoms with Crippen molar-refractivity contribution in [1.82, 2.24) is 34.3 Å². The van der Waals surface area contributed by atoms with E-state index in [0.29, 0.717) is 45.2 Å². The van der Waals surface area contributed by atoms with Crippen molar-refractivity contribution in [2.75, 3.05) is 11.1 Å². The van der Waals surface area contributed by atoms with Crippen LogP contribution in [0.5, 0.6) is 0 Å². The second-order valence-corrected chi connectivity index (χ2v) is 7.88. The highest BCUT2D eigenvalue weighted by atomic mass is 16.1. The van der Waals surface area contributed by atoms with E-state index in [9.17, 15) is 4.79 Å². The zero-order valence-electron chi connectivity index (χ0n) is 19.0. The minimum absolute atomic E-state index is 0.228. The second kappa shape index (κ2) is 8.72. The standard InChI is InChI=1S/C25H21N9O/c1-4-16-9-8-12-18-19(16)25(35)34(17-10-6-5-7-11-17)24(31-18)15(2)30-22-20(21(26)27-13-28-22)23-29-14-33(3)32-23/h1,5-15H,2-3H3,(H3,26,27,28,30)/t15-/m0/s1. The summed E-state index contributed by atoms with van der Waals surface area (Å²) in [6.07, 6.45) is 8.60. The molecule has 5 aromatic rings. The molecule has 172 valence electrons. The number of nitrogen functional groups attached to an aromatic ring is 1. The van der Waals surface area contributed by atoms with E-state index in [0.717, 1.165) is 0 Å². The molecular formula is C25H21N9O. The van der Waals surface area contributed by atoms with Gasteiger partial charge >= 0.3 is 0 Å². The average molecular weight is 464 g/mol. The van der Waals surface area contributed by atoms with Gasteiger partial charge in [0.2, 0.25) is 0 Å². The molecule has 0 bridgehead atoms. The number of aryl methyl sites for hydroxylation is 1. The Morgan fingerprint density at radius 1 is 1.09 bits per heavy atom. The van der Waals surface area contributed by atoms with Gasteiger partial charge < -0.3 is 11.1 Å². The largest absolute Gasteiger partial charge is 0.383 e. The molecule has 0 spiro atoms. The number of rotatable bonds is 5. The summed E-state index contributed by atoms with van der Waals surface area (Å²) in [4.78, 5) is 31.4. The Morgan fingerprint density at radius 3 is 2.60 bits per heavy atom. The van der Waals surface area contributed by atoms with E-state index < -0.39 is 6.04 Å². The van der Waals surface area contributed by atoms with Crippen LogP contribution in [0.3, 0.4) is 0 Å². The minimum Gasteiger partial charge on any atom is -0.383 e. The number of anilines is 2. The molecule has 10 nitrogen and oxygen atoms in total. The van der Waals surface area contributed by atoms with Gasteiger partial charge in [-0.15, -0.1) is 6.42 Å². The molecule has 10 heteroatoms. The summed E-state index contributed by atoms with van der Waals surface area (Å²) in [5.41, 5.74) is 8.03. The molecule has 0 amide bonds. The maximum Gasteiger partial charge on any atom is 0.267 e. The van der Waals surface area contributed by atoms with Crippen LogP contribution in [0.2, 0.25) is 0 Å². The van der Waals surface area contributed by atoms with E-state index in [1.165, 1.54) is 6.33 Å². The van der Waals surface area contributed by atoms with Gasteiger partial charge in [0.15, 0.2) is 5.82 Å². The Balaban J connectivity index is 1.69. The highest BCUT2D eigenvalue weighted by Crippen LogP contribution is 2.30. The summed E-state index contributed by atoms with van der Waals surface area (Å²) >= 11 is 0. The van der Waals surface area contributed by atoms with Gasteiger partial charge in [-0.3, -0.25) is 14.0 Å². The van der Waals surface area contributed by atoms with E-state index in [4.69, 9.17) is 17.1 Å². The average Bonchev–Trinajstić information content (AvgIpc) is 3.29. The van der Waals surface area contributed by atoms with Crippen molar-refractivity contribution in [2.24, 2.45) is 7.05 Å². The Bertz CT molecular complexity index is 1650. The van der Waals surface area contributed by atoms with Crippen LogP contribution in [0.1, 0.15) is 24.4 Å². The molecule has 5 rings (SSSR count). The molecule has 0 saturated carbocycles. The number of nitrogens with one attached hydrogen (secondary N) is 1. The molecule has 3 heterocycles. The van der Waals surface area contributed by atoms with Crippen molar-refractivity contribution in [3.63, 3.8) is 0 Å². The lowest BCUT2D eigenvalue weighted by Gasteiger charge is -2.21. The van der Waals surface area contributed by atoms with Gasteiger partial charge in [-0.25, -0.2) is 19.9 Å². The van der Waals surface area contributed by atoms with Crippen LogP contribution in [0.15, 0.2) is 66.0 Å². The van der Waals surface area contributed by atoms with Crippen LogP contribution in [0.4, 0.5) is 11.6 Å². The summed E-state index contributed by atoms with van der Waals surface area (Å²) in [6.45, 7) is 1.88. The number of benzene rings is 2. The first kappa shape index (κ1) is 21.8. The normalized spacial score (nSPS) is 11.8. The molecule has 2 aromatic carbocycles. The van der Waals surface area contributed by atoms with Gasteiger partial charge in [-0.2, -0.15) is 5.10 Å². The zero-order valence-corrected chi connectivity index (χ0v) is 19.0. The quantitative estimate of drug-likeness (QED) is 0.381. The van der Waals surface area contributed by atoms with Crippen LogP contribution in [-0.2, 0) is 7.05 Å². The number of hydrogen-bond acceptors (Lipinski definition) is 8. The van der Waals surface area contributed by atoms with Gasteiger partial charge in [0.25, 0.3) is 5.56 Å². The van der Waals surface area contributed by atoms with E-state index >= 15 is 0 Å². The lowest BCUT2D eigenvalue weighted by Crippen LogP contribution is -2.28. The first-order chi connectivity index (χ1) is 17.0. The molecule has 0 fully saturated rings. The number of nitrogens with two attached hydrogens (primary N) is 1. The molecule has 3 N–H and O–H groups in total. The van der Waals surface area contributed by atoms with E-state index in [2.05, 4.69) is 31.3 Å². The summed E-state index contributed by atoms with van der Waals surface area (Å²) < 4.78 is 3.13. The fourth-order valence-electron chi connectivity index (χ4n) is 3.94. The fourth-order valence-corrected chi connectivity index (χ4v) is 3.94. The molecule has 0 saturated heterocycles. The Kier molecular flexibility index (Phi) is 5.43. The molecule has 0 unspecified atom stereocenters. The molecule has 0 aliphatic rings. The summed E-state index contributed by atoms with van der Waals surface area (Å²) in [5, 5.41) is 8.05. The van der Waals surface area contributed by atoms with Crippen molar-refractivity contribution in [2.45, 2.75) is 13.0 Å². The monoisotopic (exact) mass is 463 g/mol. The molecule has 0 radical (unpaired) electrons. The zero-order chi connectivity index (χ0) is 24.5. The molecule has 0 aliphatic heterocycles. The molecule has 1 atom stereocenters. The third-order valence-electron chi connectivity index (χ3n) is 5.53. The molecular weight excluding hydrogens is 442 g/mol. The van der Waals surface area contributed by atoms with Crippen molar-refractivity contribution in [3.8, 4) is 29.4 Å². The number of hydrogen-bond donors (Lipinski definition) is 2. The molecule has 0 aliphatic carbocycles. The Hall–Kier alpha value is -5.04. The van der Waals surface area contributed by atoms with Gasteiger partial charge in [0.05, 0.1) is 22.6 Å². The maximum atomic E-state index is 13.8. The van der Waals surface area contributed by atoms with E-state index in [1.807, 2.05) is 37.3 Å². The Labute approximate surface area is 200 Å². The van der Waals surface area contributed by atoms with Gasteiger partial charge in [-0.1, -0.05) is 30.2 Å². The summed E-state index contributed by atoms with van der Waals surface area (Å²) in [5.74, 6) is 4.10. The molecule has 35 heavy (non-hydrogen) atoms. The van der Waals surface area contributed by atoms with Gasteiger partial charge in [-0.05, 0) is 31.2 Å². The first-order valence-electron chi connectivity index (χ1n) is 10.8. The van der Waals surface area contributed by atoms with Crippen LogP contribution in [-0.4, -0.2) is 34.3 Å². The van der Waals surface area contributed by atoms with Crippen molar-refractivity contribution >= 4 is 22.5 Å². The fraction of sp³-hybridized carbons (Fsp3) is 0.120. The van der Waals surface area contributed by atoms with E-state index in [-0.39, 0.29) is 11.4 Å². The highest BCUT2D eigenvalue weighted by molar-refractivity contribution is 5.85. The second-order valence-electron chi connectivity index (χ2n) is 7.88. The predicted molar refractivity (Wildman–Crippen MR) is 134 cm³/mol. The van der Waals surface area contributed by atoms with E-state index in [1.54, 1.807) is 40.8 Å². The Morgan fingerprint density at radius 2 is 1.89 bits per heavy atom. The van der Waals surface area contributed by atoms with Crippen LogP contribution in [0, 0.1) is 12.3 Å². The van der Waals surface area contributed by atoms with Crippen molar-refractivity contribution < 1.29 is 0 Å². The smallest absolute Gasteiger partial charge is 0.267 e. The third kappa shape index (κ3) is 3.85. The van der Waals surface area contributed by atoms with Crippen molar-refractivity contribution in [3.05, 3.63) is 82.9 Å². The molecule has 3 aromatic heterocycles.